The van der Waals surface area contributed by atoms with Crippen molar-refractivity contribution >= 4 is 5.69 Å². The van der Waals surface area contributed by atoms with Crippen molar-refractivity contribution in [1.29, 1.82) is 0 Å². The Kier molecular flexibility index (Phi) is 2.71. The first-order chi connectivity index (χ1) is 8.74. The van der Waals surface area contributed by atoms with Crippen molar-refractivity contribution in [3.05, 3.63) is 36.2 Å². The maximum Gasteiger partial charge on any atom is 0.152 e. The molecule has 6 heteroatoms. The predicted molar refractivity (Wildman–Crippen MR) is 67.9 cm³/mol. The minimum Gasteiger partial charge on any atom is -0.361 e. The number of aromatic nitrogens is 4. The van der Waals surface area contributed by atoms with Crippen molar-refractivity contribution in [2.75, 3.05) is 11.4 Å². The number of pyridine rings is 1. The van der Waals surface area contributed by atoms with Gasteiger partial charge in [-0.15, -0.1) is 10.2 Å². The fourth-order valence-electron chi connectivity index (χ4n) is 2.14. The standard InChI is InChI=1S/C12H16N6/c1-9(13)11-3-2-10(6-14-11)17-4-5-18-8-15-16-12(18)7-17/h2-3,6,8-9H,4-5,7,13H2,1H3/t9-/m0/s1. The van der Waals surface area contributed by atoms with E-state index in [0.29, 0.717) is 0 Å². The van der Waals surface area contributed by atoms with E-state index in [2.05, 4.69) is 30.7 Å². The lowest BCUT2D eigenvalue weighted by Gasteiger charge is -2.28. The highest BCUT2D eigenvalue weighted by Crippen LogP contribution is 2.20. The van der Waals surface area contributed by atoms with Crippen LogP contribution >= 0.6 is 0 Å². The number of fused-ring (bicyclic) bond motifs is 1. The van der Waals surface area contributed by atoms with E-state index in [1.807, 2.05) is 19.2 Å². The average Bonchev–Trinajstić information content (AvgIpc) is 2.86. The van der Waals surface area contributed by atoms with Gasteiger partial charge in [-0.2, -0.15) is 0 Å². The summed E-state index contributed by atoms with van der Waals surface area (Å²) in [5.41, 5.74) is 7.81. The lowest BCUT2D eigenvalue weighted by atomic mass is 10.2. The van der Waals surface area contributed by atoms with Gasteiger partial charge in [0.05, 0.1) is 24.1 Å². The second-order valence-electron chi connectivity index (χ2n) is 4.59. The van der Waals surface area contributed by atoms with Crippen molar-refractivity contribution < 1.29 is 0 Å². The quantitative estimate of drug-likeness (QED) is 0.842. The summed E-state index contributed by atoms with van der Waals surface area (Å²) in [5.74, 6) is 0.998. The smallest absolute Gasteiger partial charge is 0.152 e. The topological polar surface area (TPSA) is 72.9 Å². The highest BCUT2D eigenvalue weighted by Gasteiger charge is 2.17. The molecule has 0 fully saturated rings. The van der Waals surface area contributed by atoms with Gasteiger partial charge in [-0.3, -0.25) is 4.98 Å². The molecule has 94 valence electrons. The van der Waals surface area contributed by atoms with Crippen molar-refractivity contribution in [3.63, 3.8) is 0 Å². The van der Waals surface area contributed by atoms with Gasteiger partial charge in [-0.1, -0.05) is 0 Å². The zero-order valence-electron chi connectivity index (χ0n) is 10.3. The van der Waals surface area contributed by atoms with Crippen LogP contribution in [0, 0.1) is 0 Å². The first-order valence-electron chi connectivity index (χ1n) is 6.07. The molecule has 0 amide bonds. The maximum atomic E-state index is 5.79. The Hall–Kier alpha value is -1.95. The average molecular weight is 244 g/mol. The highest BCUT2D eigenvalue weighted by atomic mass is 15.3. The zero-order chi connectivity index (χ0) is 12.5. The second kappa shape index (κ2) is 4.38. The van der Waals surface area contributed by atoms with E-state index in [4.69, 9.17) is 5.73 Å². The zero-order valence-corrected chi connectivity index (χ0v) is 10.3. The van der Waals surface area contributed by atoms with Crippen LogP contribution in [0.1, 0.15) is 24.5 Å². The molecule has 2 aromatic rings. The molecule has 0 unspecified atom stereocenters. The molecule has 1 aliphatic rings. The van der Waals surface area contributed by atoms with E-state index in [9.17, 15) is 0 Å². The lowest BCUT2D eigenvalue weighted by molar-refractivity contribution is 0.559. The van der Waals surface area contributed by atoms with Gasteiger partial charge in [0, 0.05) is 19.1 Å². The number of nitrogens with two attached hydrogens (primary N) is 1. The van der Waals surface area contributed by atoms with Crippen LogP contribution in [0.25, 0.3) is 0 Å². The third kappa shape index (κ3) is 1.95. The number of hydrogen-bond acceptors (Lipinski definition) is 5. The van der Waals surface area contributed by atoms with Crippen molar-refractivity contribution in [3.8, 4) is 0 Å². The third-order valence-corrected chi connectivity index (χ3v) is 3.24. The van der Waals surface area contributed by atoms with Gasteiger partial charge in [0.25, 0.3) is 0 Å². The minimum absolute atomic E-state index is 0.0245. The summed E-state index contributed by atoms with van der Waals surface area (Å²) in [6.07, 6.45) is 3.66. The summed E-state index contributed by atoms with van der Waals surface area (Å²) in [4.78, 5) is 6.64. The lowest BCUT2D eigenvalue weighted by Crippen LogP contribution is -2.33. The van der Waals surface area contributed by atoms with Crippen molar-refractivity contribution in [2.45, 2.75) is 26.1 Å². The van der Waals surface area contributed by atoms with Crippen molar-refractivity contribution in [1.82, 2.24) is 19.7 Å². The van der Waals surface area contributed by atoms with Crippen LogP contribution in [-0.2, 0) is 13.1 Å². The van der Waals surface area contributed by atoms with Crippen LogP contribution in [0.3, 0.4) is 0 Å². The summed E-state index contributed by atoms with van der Waals surface area (Å²) in [7, 11) is 0. The number of rotatable bonds is 2. The summed E-state index contributed by atoms with van der Waals surface area (Å²) in [6, 6.07) is 4.03. The summed E-state index contributed by atoms with van der Waals surface area (Å²) in [5, 5.41) is 8.03. The second-order valence-corrected chi connectivity index (χ2v) is 4.59. The molecule has 0 spiro atoms. The van der Waals surface area contributed by atoms with E-state index in [1.54, 1.807) is 6.33 Å². The fourth-order valence-corrected chi connectivity index (χ4v) is 2.14. The van der Waals surface area contributed by atoms with Crippen LogP contribution in [0.5, 0.6) is 0 Å². The molecule has 2 N–H and O–H groups in total. The minimum atomic E-state index is -0.0245. The van der Waals surface area contributed by atoms with Crippen LogP contribution in [-0.4, -0.2) is 26.3 Å². The molecule has 0 radical (unpaired) electrons. The van der Waals surface area contributed by atoms with Gasteiger partial charge in [-0.25, -0.2) is 0 Å². The van der Waals surface area contributed by atoms with Gasteiger partial charge in [0.15, 0.2) is 5.82 Å². The van der Waals surface area contributed by atoms with E-state index < -0.39 is 0 Å². The van der Waals surface area contributed by atoms with Gasteiger partial charge >= 0.3 is 0 Å². The van der Waals surface area contributed by atoms with Gasteiger partial charge < -0.3 is 15.2 Å². The molecule has 0 aromatic carbocycles. The van der Waals surface area contributed by atoms with E-state index in [-0.39, 0.29) is 6.04 Å². The maximum absolute atomic E-state index is 5.79. The molecule has 1 atom stereocenters. The van der Waals surface area contributed by atoms with Gasteiger partial charge in [-0.05, 0) is 19.1 Å². The number of anilines is 1. The molecule has 0 saturated carbocycles. The molecule has 3 heterocycles. The SMILES string of the molecule is C[C@H](N)c1ccc(N2CCn3cnnc3C2)cn1. The fraction of sp³-hybridized carbons (Fsp3) is 0.417. The van der Waals surface area contributed by atoms with Crippen LogP contribution in [0.2, 0.25) is 0 Å². The molecule has 6 nitrogen and oxygen atoms in total. The van der Waals surface area contributed by atoms with Crippen LogP contribution < -0.4 is 10.6 Å². The van der Waals surface area contributed by atoms with Crippen LogP contribution in [0.4, 0.5) is 5.69 Å². The Morgan fingerprint density at radius 3 is 2.94 bits per heavy atom. The van der Waals surface area contributed by atoms with Gasteiger partial charge in [0.2, 0.25) is 0 Å². The molecule has 0 aliphatic carbocycles. The Morgan fingerprint density at radius 2 is 2.22 bits per heavy atom. The summed E-state index contributed by atoms with van der Waals surface area (Å²) < 4.78 is 2.08. The molecule has 2 aromatic heterocycles. The normalized spacial score (nSPS) is 16.4. The van der Waals surface area contributed by atoms with E-state index >= 15 is 0 Å². The van der Waals surface area contributed by atoms with Crippen molar-refractivity contribution in [2.24, 2.45) is 5.73 Å². The third-order valence-electron chi connectivity index (χ3n) is 3.24. The Morgan fingerprint density at radius 1 is 1.33 bits per heavy atom. The predicted octanol–water partition coefficient (Wildman–Crippen LogP) is 0.713. The van der Waals surface area contributed by atoms with Gasteiger partial charge in [0.1, 0.15) is 6.33 Å². The summed E-state index contributed by atoms with van der Waals surface area (Å²) >= 11 is 0. The van der Waals surface area contributed by atoms with Crippen LogP contribution in [0.15, 0.2) is 24.7 Å². The molecule has 0 bridgehead atoms. The molecule has 3 rings (SSSR count). The molecule has 18 heavy (non-hydrogen) atoms. The first kappa shape index (κ1) is 11.2. The Labute approximate surface area is 105 Å². The summed E-state index contributed by atoms with van der Waals surface area (Å²) in [6.45, 7) is 4.58. The van der Waals surface area contributed by atoms with E-state index in [1.165, 1.54) is 0 Å². The number of nitrogens with zero attached hydrogens (tertiary/aromatic N) is 5. The molecular formula is C12H16N6. The Bertz CT molecular complexity index is 530. The first-order valence-corrected chi connectivity index (χ1v) is 6.07. The Balaban J connectivity index is 1.80. The molecule has 1 aliphatic heterocycles. The monoisotopic (exact) mass is 244 g/mol. The largest absolute Gasteiger partial charge is 0.361 e. The van der Waals surface area contributed by atoms with E-state index in [0.717, 1.165) is 36.8 Å². The highest BCUT2D eigenvalue weighted by molar-refractivity contribution is 5.45. The molecule has 0 saturated heterocycles. The number of hydrogen-bond donors (Lipinski definition) is 1. The molecular weight excluding hydrogens is 228 g/mol.